The molecule has 0 saturated carbocycles. The van der Waals surface area contributed by atoms with E-state index in [1.165, 1.54) is 64.3 Å². The molecule has 0 aliphatic rings. The zero-order valence-electron chi connectivity index (χ0n) is 30.8. The molecule has 4 heteroatoms. The van der Waals surface area contributed by atoms with Crippen LogP contribution in [0.2, 0.25) is 0 Å². The monoisotopic (exact) mass is 746 g/mol. The van der Waals surface area contributed by atoms with E-state index in [1.54, 1.807) is 0 Å². The van der Waals surface area contributed by atoms with Crippen LogP contribution in [0.1, 0.15) is 0 Å². The molecule has 0 saturated heterocycles. The third-order valence-electron chi connectivity index (χ3n) is 10.9. The average Bonchev–Trinajstić information content (AvgIpc) is 3.87. The molecule has 0 fully saturated rings. The van der Waals surface area contributed by atoms with Crippen LogP contribution >= 0.6 is 11.3 Å². The highest BCUT2D eigenvalue weighted by molar-refractivity contribution is 7.26. The summed E-state index contributed by atoms with van der Waals surface area (Å²) in [7, 11) is 0. The Hall–Kier alpha value is -7.27. The quantitative estimate of drug-likeness (QED) is 0.163. The minimum Gasteiger partial charge on any atom is -0.436 e. The van der Waals surface area contributed by atoms with Gasteiger partial charge in [0.15, 0.2) is 5.58 Å². The van der Waals surface area contributed by atoms with Gasteiger partial charge in [-0.15, -0.1) is 11.3 Å². The van der Waals surface area contributed by atoms with E-state index < -0.39 is 0 Å². The van der Waals surface area contributed by atoms with Gasteiger partial charge in [-0.3, -0.25) is 0 Å². The van der Waals surface area contributed by atoms with Gasteiger partial charge in [0.25, 0.3) is 0 Å². The summed E-state index contributed by atoms with van der Waals surface area (Å²) in [5.74, 6) is 0.648. The van der Waals surface area contributed by atoms with E-state index >= 15 is 0 Å². The minimum absolute atomic E-state index is 0.648. The van der Waals surface area contributed by atoms with Crippen molar-refractivity contribution in [2.24, 2.45) is 0 Å². The molecule has 0 N–H and O–H groups in total. The maximum absolute atomic E-state index is 6.25. The number of oxazole rings is 1. The normalized spacial score (nSPS) is 11.5. The van der Waals surface area contributed by atoms with Crippen molar-refractivity contribution < 1.29 is 4.42 Å². The van der Waals surface area contributed by atoms with Gasteiger partial charge in [0.1, 0.15) is 5.52 Å². The number of rotatable bonds is 7. The molecule has 268 valence electrons. The molecule has 0 radical (unpaired) electrons. The number of thiophene rings is 1. The smallest absolute Gasteiger partial charge is 0.227 e. The molecule has 2 heterocycles. The summed E-state index contributed by atoms with van der Waals surface area (Å²) in [6.45, 7) is 0. The Balaban J connectivity index is 0.989. The summed E-state index contributed by atoms with van der Waals surface area (Å²) in [5.41, 5.74) is 13.1. The lowest BCUT2D eigenvalue weighted by molar-refractivity contribution is 0.620. The molecule has 0 atom stereocenters. The molecule has 3 nitrogen and oxygen atoms in total. The van der Waals surface area contributed by atoms with Gasteiger partial charge < -0.3 is 9.32 Å². The maximum atomic E-state index is 6.25. The van der Waals surface area contributed by atoms with E-state index in [-0.39, 0.29) is 0 Å². The van der Waals surface area contributed by atoms with E-state index in [1.807, 2.05) is 41.7 Å². The zero-order valence-corrected chi connectivity index (χ0v) is 31.7. The van der Waals surface area contributed by atoms with Crippen molar-refractivity contribution in [3.8, 4) is 44.8 Å². The number of para-hydroxylation sites is 1. The lowest BCUT2D eigenvalue weighted by Crippen LogP contribution is -2.11. The summed E-state index contributed by atoms with van der Waals surface area (Å²) in [6, 6.07) is 73.6. The SMILES string of the molecule is c1ccc(-c2nc3cc4c(cc3o2)sc2c(-c3ccc(N(c5ccc(-c6ccc7ccccc7c6)cc5)c5ccccc5-c5ccccc5)cc3)cccc24)cc1. The molecule has 0 unspecified atom stereocenters. The van der Waals surface area contributed by atoms with Crippen LogP contribution in [0.3, 0.4) is 0 Å². The molecule has 11 aromatic rings. The van der Waals surface area contributed by atoms with Crippen LogP contribution in [0.15, 0.2) is 211 Å². The highest BCUT2D eigenvalue weighted by Gasteiger charge is 2.19. The predicted octanol–water partition coefficient (Wildman–Crippen LogP) is 15.5. The van der Waals surface area contributed by atoms with E-state index in [2.05, 4.69) is 181 Å². The largest absolute Gasteiger partial charge is 0.436 e. The number of hydrogen-bond acceptors (Lipinski definition) is 4. The molecule has 0 aliphatic heterocycles. The lowest BCUT2D eigenvalue weighted by atomic mass is 9.99. The van der Waals surface area contributed by atoms with E-state index in [0.717, 1.165) is 33.7 Å². The Morgan fingerprint density at radius 3 is 1.81 bits per heavy atom. The van der Waals surface area contributed by atoms with Crippen LogP contribution in [0, 0.1) is 0 Å². The summed E-state index contributed by atoms with van der Waals surface area (Å²) >= 11 is 1.81. The molecular weight excluding hydrogens is 713 g/mol. The van der Waals surface area contributed by atoms with Gasteiger partial charge in [0.2, 0.25) is 5.89 Å². The van der Waals surface area contributed by atoms with Crippen molar-refractivity contribution in [3.05, 3.63) is 206 Å². The second kappa shape index (κ2) is 13.8. The average molecular weight is 747 g/mol. The fourth-order valence-corrected chi connectivity index (χ4v) is 9.32. The first kappa shape index (κ1) is 33.1. The van der Waals surface area contributed by atoms with E-state index in [0.29, 0.717) is 5.89 Å². The second-order valence-corrected chi connectivity index (χ2v) is 15.4. The van der Waals surface area contributed by atoms with Gasteiger partial charge in [0.05, 0.1) is 5.69 Å². The summed E-state index contributed by atoms with van der Waals surface area (Å²) < 4.78 is 8.70. The Kier molecular flexibility index (Phi) is 8.01. The second-order valence-electron chi connectivity index (χ2n) is 14.4. The van der Waals surface area contributed by atoms with E-state index in [4.69, 9.17) is 9.40 Å². The van der Waals surface area contributed by atoms with Crippen LogP contribution < -0.4 is 4.90 Å². The van der Waals surface area contributed by atoms with Crippen molar-refractivity contribution in [3.63, 3.8) is 0 Å². The van der Waals surface area contributed by atoms with Gasteiger partial charge in [-0.2, -0.15) is 0 Å². The summed E-state index contributed by atoms with van der Waals surface area (Å²) in [4.78, 5) is 7.24. The fourth-order valence-electron chi connectivity index (χ4n) is 8.07. The van der Waals surface area contributed by atoms with Gasteiger partial charge in [-0.1, -0.05) is 146 Å². The third kappa shape index (κ3) is 5.95. The first-order valence-corrected chi connectivity index (χ1v) is 20.0. The first-order chi connectivity index (χ1) is 28.2. The third-order valence-corrected chi connectivity index (χ3v) is 12.1. The highest BCUT2D eigenvalue weighted by Crippen LogP contribution is 2.45. The Morgan fingerprint density at radius 1 is 0.421 bits per heavy atom. The maximum Gasteiger partial charge on any atom is 0.227 e. The minimum atomic E-state index is 0.648. The van der Waals surface area contributed by atoms with Gasteiger partial charge in [-0.25, -0.2) is 4.98 Å². The fraction of sp³-hybridized carbons (Fsp3) is 0. The number of hydrogen-bond donors (Lipinski definition) is 0. The number of benzene rings is 9. The van der Waals surface area contributed by atoms with Crippen LogP contribution in [0.25, 0.3) is 86.9 Å². The van der Waals surface area contributed by atoms with Crippen molar-refractivity contribution in [2.75, 3.05) is 4.90 Å². The molecule has 0 amide bonds. The van der Waals surface area contributed by atoms with Crippen LogP contribution in [-0.2, 0) is 0 Å². The molecule has 11 rings (SSSR count). The molecule has 0 bridgehead atoms. The van der Waals surface area contributed by atoms with Crippen molar-refractivity contribution in [1.29, 1.82) is 0 Å². The predicted molar refractivity (Wildman–Crippen MR) is 241 cm³/mol. The van der Waals surface area contributed by atoms with Crippen molar-refractivity contribution >= 4 is 70.4 Å². The first-order valence-electron chi connectivity index (χ1n) is 19.2. The van der Waals surface area contributed by atoms with Crippen LogP contribution in [-0.4, -0.2) is 4.98 Å². The van der Waals surface area contributed by atoms with Crippen molar-refractivity contribution in [2.45, 2.75) is 0 Å². The molecular formula is C53H34N2OS. The van der Waals surface area contributed by atoms with Gasteiger partial charge in [-0.05, 0) is 93.2 Å². The Bertz CT molecular complexity index is 3220. The molecule has 2 aromatic heterocycles. The molecule has 0 aliphatic carbocycles. The molecule has 0 spiro atoms. The molecule has 57 heavy (non-hydrogen) atoms. The number of nitrogens with zero attached hydrogens (tertiary/aromatic N) is 2. The Morgan fingerprint density at radius 2 is 1.04 bits per heavy atom. The van der Waals surface area contributed by atoms with Crippen LogP contribution in [0.4, 0.5) is 17.1 Å². The number of anilines is 3. The van der Waals surface area contributed by atoms with E-state index in [9.17, 15) is 0 Å². The van der Waals surface area contributed by atoms with Crippen LogP contribution in [0.5, 0.6) is 0 Å². The topological polar surface area (TPSA) is 29.3 Å². The van der Waals surface area contributed by atoms with Gasteiger partial charge in [0, 0.05) is 48.7 Å². The summed E-state index contributed by atoms with van der Waals surface area (Å²) in [6.07, 6.45) is 0. The van der Waals surface area contributed by atoms with Gasteiger partial charge >= 0.3 is 0 Å². The standard InChI is InChI=1S/C53H34N2OS/c1-3-13-37(14-4-1)44-18-9-10-21-49(44)55(42-28-24-36(25-29-42)41-23-22-35-12-7-8-17-40(35)32-41)43-30-26-38(27-31-43)45-19-11-20-46-47-33-48-50(34-51(47)57-52(45)46)56-53(54-48)39-15-5-2-6-16-39/h1-34H. The number of fused-ring (bicyclic) bond motifs is 5. The lowest BCUT2D eigenvalue weighted by Gasteiger charge is -2.28. The highest BCUT2D eigenvalue weighted by atomic mass is 32.1. The number of aromatic nitrogens is 1. The van der Waals surface area contributed by atoms with Crippen molar-refractivity contribution in [1.82, 2.24) is 4.98 Å². The summed E-state index contributed by atoms with van der Waals surface area (Å²) in [5, 5.41) is 4.92. The zero-order chi connectivity index (χ0) is 37.7. The molecule has 9 aromatic carbocycles. The Labute approximate surface area is 334 Å².